The van der Waals surface area contributed by atoms with Crippen molar-refractivity contribution in [3.05, 3.63) is 4.88 Å². The molecule has 1 rings (SSSR count). The predicted molar refractivity (Wildman–Crippen MR) is 71.2 cm³/mol. The smallest absolute Gasteiger partial charge is 0.405 e. The minimum absolute atomic E-state index is 0.121. The number of ether oxygens (including phenoxy) is 1. The van der Waals surface area contributed by atoms with E-state index in [0.29, 0.717) is 9.90 Å². The maximum absolute atomic E-state index is 12.4. The molecular formula is C10H13F3N2O2S2. The summed E-state index contributed by atoms with van der Waals surface area (Å²) in [6, 6.07) is 0. The van der Waals surface area contributed by atoms with Crippen molar-refractivity contribution in [2.75, 3.05) is 37.6 Å². The third kappa shape index (κ3) is 3.69. The normalized spacial score (nSPS) is 11.5. The monoisotopic (exact) mass is 314 g/mol. The third-order valence-electron chi connectivity index (χ3n) is 2.22. The minimum Gasteiger partial charge on any atom is -0.465 e. The zero-order valence-corrected chi connectivity index (χ0v) is 12.1. The van der Waals surface area contributed by atoms with Crippen LogP contribution in [0.1, 0.15) is 9.67 Å². The lowest BCUT2D eigenvalue weighted by Crippen LogP contribution is -2.30. The molecule has 4 nitrogen and oxygen atoms in total. The Balaban J connectivity index is 3.17. The van der Waals surface area contributed by atoms with Crippen molar-refractivity contribution in [1.82, 2.24) is 0 Å². The molecule has 0 aliphatic rings. The first-order chi connectivity index (χ1) is 8.71. The number of esters is 1. The molecule has 0 bridgehead atoms. The van der Waals surface area contributed by atoms with Crippen LogP contribution in [0.2, 0.25) is 0 Å². The molecule has 1 aromatic heterocycles. The molecule has 0 radical (unpaired) electrons. The average Bonchev–Trinajstić information content (AvgIpc) is 2.63. The van der Waals surface area contributed by atoms with Crippen molar-refractivity contribution in [3.63, 3.8) is 0 Å². The molecule has 0 aromatic carbocycles. The largest absolute Gasteiger partial charge is 0.465 e. The standard InChI is InChI=1S/C10H13F3N2O2S2/c1-15(4-10(11,12)13)8-6(18-3)5(14)7(19-8)9(16)17-2/h4,14H2,1-3H3. The molecule has 0 aliphatic heterocycles. The Morgan fingerprint density at radius 1 is 1.53 bits per heavy atom. The second-order valence-corrected chi connectivity index (χ2v) is 5.46. The number of halogens is 3. The Bertz CT molecular complexity index is 474. The van der Waals surface area contributed by atoms with E-state index in [1.54, 1.807) is 6.26 Å². The van der Waals surface area contributed by atoms with Crippen molar-refractivity contribution >= 4 is 39.8 Å². The molecule has 2 N–H and O–H groups in total. The number of nitrogen functional groups attached to an aromatic ring is 1. The number of nitrogens with two attached hydrogens (primary N) is 1. The maximum Gasteiger partial charge on any atom is 0.405 e. The van der Waals surface area contributed by atoms with Crippen molar-refractivity contribution in [1.29, 1.82) is 0 Å². The van der Waals surface area contributed by atoms with Gasteiger partial charge in [0.15, 0.2) is 0 Å². The first kappa shape index (κ1) is 16.0. The first-order valence-corrected chi connectivity index (χ1v) is 7.07. The quantitative estimate of drug-likeness (QED) is 0.684. The zero-order chi connectivity index (χ0) is 14.8. The van der Waals surface area contributed by atoms with Crippen molar-refractivity contribution in [2.24, 2.45) is 0 Å². The third-order valence-corrected chi connectivity index (χ3v) is 4.47. The number of hydrogen-bond acceptors (Lipinski definition) is 6. The van der Waals surface area contributed by atoms with Crippen LogP contribution >= 0.6 is 23.1 Å². The summed E-state index contributed by atoms with van der Waals surface area (Å²) in [7, 11) is 2.50. The van der Waals surface area contributed by atoms with Crippen LogP contribution in [-0.2, 0) is 4.74 Å². The Labute approximate surface area is 116 Å². The highest BCUT2D eigenvalue weighted by molar-refractivity contribution is 7.99. The van der Waals surface area contributed by atoms with Crippen LogP contribution in [0.3, 0.4) is 0 Å². The van der Waals surface area contributed by atoms with Crippen LogP contribution in [-0.4, -0.2) is 39.1 Å². The molecular weight excluding hydrogens is 301 g/mol. The van der Waals surface area contributed by atoms with E-state index in [4.69, 9.17) is 5.73 Å². The number of carbonyl (C=O) groups is 1. The molecule has 19 heavy (non-hydrogen) atoms. The summed E-state index contributed by atoms with van der Waals surface area (Å²) in [6.45, 7) is -1.11. The highest BCUT2D eigenvalue weighted by Crippen LogP contribution is 2.44. The number of alkyl halides is 3. The second kappa shape index (κ2) is 5.91. The number of hydrogen-bond donors (Lipinski definition) is 1. The minimum atomic E-state index is -4.32. The highest BCUT2D eigenvalue weighted by atomic mass is 32.2. The summed E-state index contributed by atoms with van der Waals surface area (Å²) >= 11 is 2.09. The SMILES string of the molecule is COC(=O)c1sc(N(C)CC(F)(F)F)c(SC)c1N. The fourth-order valence-corrected chi connectivity index (χ4v) is 3.54. The summed E-state index contributed by atoms with van der Waals surface area (Å²) in [5.74, 6) is -0.649. The van der Waals surface area contributed by atoms with Gasteiger partial charge in [-0.15, -0.1) is 23.1 Å². The van der Waals surface area contributed by atoms with Gasteiger partial charge in [0.1, 0.15) is 16.4 Å². The van der Waals surface area contributed by atoms with Gasteiger partial charge in [0.2, 0.25) is 0 Å². The maximum atomic E-state index is 12.4. The van der Waals surface area contributed by atoms with Gasteiger partial charge >= 0.3 is 12.1 Å². The van der Waals surface area contributed by atoms with Gasteiger partial charge in [-0.25, -0.2) is 4.79 Å². The summed E-state index contributed by atoms with van der Waals surface area (Å²) < 4.78 is 41.7. The zero-order valence-electron chi connectivity index (χ0n) is 10.5. The molecule has 0 unspecified atom stereocenters. The number of carbonyl (C=O) groups excluding carboxylic acids is 1. The van der Waals surface area contributed by atoms with Crippen molar-refractivity contribution < 1.29 is 22.7 Å². The Hall–Kier alpha value is -1.09. The number of nitrogens with zero attached hydrogens (tertiary/aromatic N) is 1. The highest BCUT2D eigenvalue weighted by Gasteiger charge is 2.32. The van der Waals surface area contributed by atoms with Crippen LogP contribution in [0.4, 0.5) is 23.9 Å². The number of thioether (sulfide) groups is 1. The Morgan fingerprint density at radius 3 is 2.53 bits per heavy atom. The first-order valence-electron chi connectivity index (χ1n) is 5.03. The molecule has 0 atom stereocenters. The lowest BCUT2D eigenvalue weighted by atomic mass is 10.4. The number of rotatable bonds is 4. The fraction of sp³-hybridized carbons (Fsp3) is 0.500. The van der Waals surface area contributed by atoms with E-state index >= 15 is 0 Å². The van der Waals surface area contributed by atoms with E-state index in [-0.39, 0.29) is 10.6 Å². The van der Waals surface area contributed by atoms with Gasteiger partial charge in [-0.1, -0.05) is 0 Å². The van der Waals surface area contributed by atoms with Crippen LogP contribution in [0.25, 0.3) is 0 Å². The van der Waals surface area contributed by atoms with Crippen LogP contribution in [0.5, 0.6) is 0 Å². The van der Waals surface area contributed by atoms with E-state index in [1.165, 1.54) is 25.9 Å². The number of thiophene rings is 1. The Kier molecular flexibility index (Phi) is 4.97. The molecule has 1 aromatic rings. The number of anilines is 2. The van der Waals surface area contributed by atoms with E-state index in [2.05, 4.69) is 4.74 Å². The van der Waals surface area contributed by atoms with Crippen LogP contribution < -0.4 is 10.6 Å². The van der Waals surface area contributed by atoms with E-state index < -0.39 is 18.7 Å². The Morgan fingerprint density at radius 2 is 2.11 bits per heavy atom. The van der Waals surface area contributed by atoms with Gasteiger partial charge in [0, 0.05) is 7.05 Å². The van der Waals surface area contributed by atoms with Crippen LogP contribution in [0.15, 0.2) is 4.90 Å². The summed E-state index contributed by atoms with van der Waals surface area (Å²) in [5, 5.41) is 0.308. The van der Waals surface area contributed by atoms with Gasteiger partial charge in [-0.2, -0.15) is 13.2 Å². The van der Waals surface area contributed by atoms with E-state index in [0.717, 1.165) is 16.2 Å². The van der Waals surface area contributed by atoms with Gasteiger partial charge in [-0.3, -0.25) is 0 Å². The van der Waals surface area contributed by atoms with Gasteiger partial charge in [0.25, 0.3) is 0 Å². The summed E-state index contributed by atoms with van der Waals surface area (Å²) in [5.41, 5.74) is 5.93. The molecule has 0 aliphatic carbocycles. The van der Waals surface area contributed by atoms with Crippen molar-refractivity contribution in [2.45, 2.75) is 11.1 Å². The molecule has 0 amide bonds. The molecule has 0 saturated carbocycles. The average molecular weight is 314 g/mol. The van der Waals surface area contributed by atoms with Gasteiger partial charge < -0.3 is 15.4 Å². The summed E-state index contributed by atoms with van der Waals surface area (Å²) in [6.07, 6.45) is -2.64. The molecule has 9 heteroatoms. The van der Waals surface area contributed by atoms with Gasteiger partial charge in [0.05, 0.1) is 17.7 Å². The molecule has 0 spiro atoms. The fourth-order valence-electron chi connectivity index (χ4n) is 1.45. The molecule has 0 saturated heterocycles. The second-order valence-electron chi connectivity index (χ2n) is 3.65. The molecule has 0 fully saturated rings. The lowest BCUT2D eigenvalue weighted by Gasteiger charge is -2.20. The topological polar surface area (TPSA) is 55.6 Å². The van der Waals surface area contributed by atoms with Crippen molar-refractivity contribution in [3.8, 4) is 0 Å². The van der Waals surface area contributed by atoms with Crippen LogP contribution in [0, 0.1) is 0 Å². The molecule has 108 valence electrons. The van der Waals surface area contributed by atoms with E-state index in [9.17, 15) is 18.0 Å². The molecule has 1 heterocycles. The van der Waals surface area contributed by atoms with E-state index in [1.807, 2.05) is 0 Å². The summed E-state index contributed by atoms with van der Waals surface area (Å²) in [4.78, 5) is 13.1. The van der Waals surface area contributed by atoms with Gasteiger partial charge in [-0.05, 0) is 6.26 Å². The number of methoxy groups -OCH3 is 1. The lowest BCUT2D eigenvalue weighted by molar-refractivity contribution is -0.119. The predicted octanol–water partition coefficient (Wildman–Crippen LogP) is 2.84.